The summed E-state index contributed by atoms with van der Waals surface area (Å²) in [6.07, 6.45) is 3.64. The molecule has 2 aromatic carbocycles. The van der Waals surface area contributed by atoms with Gasteiger partial charge in [-0.25, -0.2) is 8.10 Å². The van der Waals surface area contributed by atoms with Crippen molar-refractivity contribution in [2.45, 2.75) is 0 Å². The van der Waals surface area contributed by atoms with Crippen molar-refractivity contribution in [2.75, 3.05) is 36.4 Å². The van der Waals surface area contributed by atoms with E-state index in [4.69, 9.17) is 0 Å². The van der Waals surface area contributed by atoms with Crippen LogP contribution in [0.15, 0.2) is 60.9 Å². The van der Waals surface area contributed by atoms with Crippen LogP contribution in [0.5, 0.6) is 0 Å². The van der Waals surface area contributed by atoms with Crippen LogP contribution in [0.2, 0.25) is 0 Å². The highest BCUT2D eigenvalue weighted by Crippen LogP contribution is 2.25. The molecule has 1 aliphatic rings. The molecule has 1 fully saturated rings. The molecule has 0 saturated carbocycles. The minimum Gasteiger partial charge on any atom is -0.369 e. The summed E-state index contributed by atoms with van der Waals surface area (Å²) >= 11 is 2.36. The minimum absolute atomic E-state index is 0.170. The van der Waals surface area contributed by atoms with E-state index in [2.05, 4.69) is 57.6 Å². The molecule has 0 bridgehead atoms. The van der Waals surface area contributed by atoms with Gasteiger partial charge in [0, 0.05) is 84.5 Å². The van der Waals surface area contributed by atoms with Crippen molar-refractivity contribution in [1.29, 1.82) is 0 Å². The Morgan fingerprint density at radius 3 is 2.66 bits per heavy atom. The molecule has 1 saturated heterocycles. The topological polar surface area (TPSA) is 79.2 Å². The van der Waals surface area contributed by atoms with Gasteiger partial charge in [-0.1, -0.05) is 23.4 Å². The molecule has 3 heterocycles. The zero-order valence-corrected chi connectivity index (χ0v) is 19.7. The average molecular weight is 539 g/mol. The fraction of sp³-hybridized carbons (Fsp3) is 0.217. The van der Waals surface area contributed by atoms with E-state index in [0.29, 0.717) is 11.4 Å². The SMILES string of the molecule is Cn1cc(-c2ccc3cnc(NC(=O)c4cccc(N5CCN(I)CC5)c4)cc3c2)nn1. The number of rotatable bonds is 4. The first-order valence-electron chi connectivity index (χ1n) is 10.4. The van der Waals surface area contributed by atoms with Crippen molar-refractivity contribution in [3.8, 4) is 11.3 Å². The summed E-state index contributed by atoms with van der Waals surface area (Å²) < 4.78 is 3.96. The zero-order chi connectivity index (χ0) is 22.1. The summed E-state index contributed by atoms with van der Waals surface area (Å²) in [5.74, 6) is 0.346. The van der Waals surface area contributed by atoms with Crippen molar-refractivity contribution in [3.63, 3.8) is 0 Å². The molecule has 1 N–H and O–H groups in total. The van der Waals surface area contributed by atoms with Crippen LogP contribution in [0.3, 0.4) is 0 Å². The van der Waals surface area contributed by atoms with Gasteiger partial charge in [-0.05, 0) is 35.7 Å². The van der Waals surface area contributed by atoms with Gasteiger partial charge in [-0.2, -0.15) is 0 Å². The van der Waals surface area contributed by atoms with Crippen LogP contribution >= 0.6 is 22.9 Å². The van der Waals surface area contributed by atoms with Crippen LogP contribution in [-0.2, 0) is 7.05 Å². The van der Waals surface area contributed by atoms with Crippen molar-refractivity contribution in [3.05, 3.63) is 66.5 Å². The third kappa shape index (κ3) is 4.44. The lowest BCUT2D eigenvalue weighted by molar-refractivity contribution is 0.102. The monoisotopic (exact) mass is 539 g/mol. The predicted octanol–water partition coefficient (Wildman–Crippen LogP) is 3.75. The molecule has 0 aliphatic carbocycles. The number of aryl methyl sites for hydroxylation is 1. The lowest BCUT2D eigenvalue weighted by atomic mass is 10.1. The minimum atomic E-state index is -0.170. The van der Waals surface area contributed by atoms with E-state index in [1.165, 1.54) is 0 Å². The first-order chi connectivity index (χ1) is 15.5. The van der Waals surface area contributed by atoms with Gasteiger partial charge in [-0.3, -0.25) is 9.48 Å². The van der Waals surface area contributed by atoms with Crippen LogP contribution in [0.4, 0.5) is 11.5 Å². The van der Waals surface area contributed by atoms with Gasteiger partial charge in [0.25, 0.3) is 5.91 Å². The first kappa shape index (κ1) is 20.8. The van der Waals surface area contributed by atoms with Gasteiger partial charge in [0.05, 0.1) is 6.20 Å². The molecule has 32 heavy (non-hydrogen) atoms. The molecule has 8 nitrogen and oxygen atoms in total. The van der Waals surface area contributed by atoms with Crippen LogP contribution in [0.1, 0.15) is 10.4 Å². The second-order valence-electron chi connectivity index (χ2n) is 7.81. The Morgan fingerprint density at radius 1 is 1.03 bits per heavy atom. The van der Waals surface area contributed by atoms with Crippen molar-refractivity contribution in [1.82, 2.24) is 23.1 Å². The van der Waals surface area contributed by atoms with Crippen LogP contribution in [0.25, 0.3) is 22.0 Å². The summed E-state index contributed by atoms with van der Waals surface area (Å²) in [5, 5.41) is 13.1. The molecule has 5 rings (SSSR count). The van der Waals surface area contributed by atoms with Gasteiger partial charge >= 0.3 is 0 Å². The summed E-state index contributed by atoms with van der Waals surface area (Å²) in [5.41, 5.74) is 3.46. The Hall–Kier alpha value is -3.05. The van der Waals surface area contributed by atoms with Gasteiger partial charge in [0.2, 0.25) is 0 Å². The number of nitrogens with one attached hydrogen (secondary N) is 1. The van der Waals surface area contributed by atoms with Crippen LogP contribution in [0, 0.1) is 0 Å². The molecular weight excluding hydrogens is 517 g/mol. The van der Waals surface area contributed by atoms with Crippen molar-refractivity contribution >= 4 is 51.0 Å². The number of aromatic nitrogens is 4. The molecule has 2 aromatic heterocycles. The number of benzene rings is 2. The maximum Gasteiger partial charge on any atom is 0.256 e. The molecule has 1 amide bonds. The number of nitrogens with zero attached hydrogens (tertiary/aromatic N) is 6. The number of anilines is 2. The number of carbonyl (C=O) groups is 1. The predicted molar refractivity (Wildman–Crippen MR) is 134 cm³/mol. The lowest BCUT2D eigenvalue weighted by Gasteiger charge is -2.33. The summed E-state index contributed by atoms with van der Waals surface area (Å²) in [6.45, 7) is 3.92. The highest BCUT2D eigenvalue weighted by molar-refractivity contribution is 14.1. The standard InChI is InChI=1S/C23H22IN7O/c1-29-15-21(27-28-29)16-5-6-18-14-25-22(13-19(18)11-16)26-23(32)17-3-2-4-20(12-17)30-7-9-31(24)10-8-30/h2-6,11-15H,7-10H2,1H3,(H,25,26,32). The summed E-state index contributed by atoms with van der Waals surface area (Å²) in [7, 11) is 1.84. The number of piperazine rings is 1. The van der Waals surface area contributed by atoms with Gasteiger partial charge in [0.15, 0.2) is 0 Å². The fourth-order valence-electron chi connectivity index (χ4n) is 3.82. The smallest absolute Gasteiger partial charge is 0.256 e. The quantitative estimate of drug-likeness (QED) is 0.315. The largest absolute Gasteiger partial charge is 0.369 e. The normalized spacial score (nSPS) is 14.6. The van der Waals surface area contributed by atoms with E-state index < -0.39 is 0 Å². The van der Waals surface area contributed by atoms with E-state index in [9.17, 15) is 4.79 Å². The third-order valence-electron chi connectivity index (χ3n) is 5.56. The molecule has 162 valence electrons. The molecule has 4 aromatic rings. The van der Waals surface area contributed by atoms with E-state index in [0.717, 1.165) is 53.9 Å². The van der Waals surface area contributed by atoms with Gasteiger partial charge in [-0.15, -0.1) is 5.10 Å². The van der Waals surface area contributed by atoms with Gasteiger partial charge in [0.1, 0.15) is 11.5 Å². The Labute approximate surface area is 199 Å². The van der Waals surface area contributed by atoms with Crippen LogP contribution < -0.4 is 10.2 Å². The van der Waals surface area contributed by atoms with Gasteiger partial charge < -0.3 is 10.2 Å². The third-order valence-corrected chi connectivity index (χ3v) is 6.53. The molecular formula is C23H22IN7O. The molecule has 0 atom stereocenters. The first-order valence-corrected chi connectivity index (χ1v) is 11.4. The van der Waals surface area contributed by atoms with E-state index in [1.54, 1.807) is 10.9 Å². The average Bonchev–Trinajstić information content (AvgIpc) is 3.25. The van der Waals surface area contributed by atoms with E-state index in [1.807, 2.05) is 55.7 Å². The summed E-state index contributed by atoms with van der Waals surface area (Å²) in [6, 6.07) is 15.7. The van der Waals surface area contributed by atoms with Crippen molar-refractivity contribution < 1.29 is 4.79 Å². The molecule has 0 spiro atoms. The summed E-state index contributed by atoms with van der Waals surface area (Å²) in [4.78, 5) is 19.7. The maximum atomic E-state index is 12.9. The highest BCUT2D eigenvalue weighted by Gasteiger charge is 2.17. The fourth-order valence-corrected chi connectivity index (χ4v) is 4.25. The Bertz CT molecular complexity index is 1280. The number of amides is 1. The second kappa shape index (κ2) is 8.83. The van der Waals surface area contributed by atoms with E-state index in [-0.39, 0.29) is 5.91 Å². The molecule has 1 aliphatic heterocycles. The number of hydrogen-bond acceptors (Lipinski definition) is 6. The molecule has 0 radical (unpaired) electrons. The highest BCUT2D eigenvalue weighted by atomic mass is 127. The molecule has 9 heteroatoms. The number of carbonyl (C=O) groups excluding carboxylic acids is 1. The molecule has 0 unspecified atom stereocenters. The second-order valence-corrected chi connectivity index (χ2v) is 9.17. The zero-order valence-electron chi connectivity index (χ0n) is 17.6. The van der Waals surface area contributed by atoms with Crippen LogP contribution in [-0.4, -0.2) is 55.2 Å². The number of halogens is 1. The Balaban J connectivity index is 1.36. The Kier molecular flexibility index (Phi) is 5.75. The number of hydrogen-bond donors (Lipinski definition) is 1. The Morgan fingerprint density at radius 2 is 1.88 bits per heavy atom. The van der Waals surface area contributed by atoms with Crippen molar-refractivity contribution in [2.24, 2.45) is 7.05 Å². The number of pyridine rings is 1. The van der Waals surface area contributed by atoms with E-state index >= 15 is 0 Å². The maximum absolute atomic E-state index is 12.9. The number of fused-ring (bicyclic) bond motifs is 1. The lowest BCUT2D eigenvalue weighted by Crippen LogP contribution is -2.42.